The highest BCUT2D eigenvalue weighted by atomic mass is 16.5. The lowest BCUT2D eigenvalue weighted by atomic mass is 10.0. The molecule has 2 fully saturated rings. The van der Waals surface area contributed by atoms with Crippen molar-refractivity contribution < 1.29 is 19.4 Å². The summed E-state index contributed by atoms with van der Waals surface area (Å²) in [6, 6.07) is 7.29. The molecule has 1 aromatic rings. The molecular weight excluding hydrogens is 318 g/mol. The molecule has 0 spiro atoms. The van der Waals surface area contributed by atoms with Crippen LogP contribution in [0.3, 0.4) is 0 Å². The summed E-state index contributed by atoms with van der Waals surface area (Å²) in [5.74, 6) is -0.0764. The Bertz CT molecular complexity index is 609. The Morgan fingerprint density at radius 1 is 1.12 bits per heavy atom. The number of benzene rings is 1. The maximum atomic E-state index is 12.5. The lowest BCUT2D eigenvalue weighted by Crippen LogP contribution is -2.48. The smallest absolute Gasteiger partial charge is 0.326 e. The average Bonchev–Trinajstić information content (AvgIpc) is 3.13. The number of nitrogens with zero attached hydrogens (tertiary/aromatic N) is 1. The van der Waals surface area contributed by atoms with Crippen LogP contribution >= 0.6 is 0 Å². The number of hydrogen-bond acceptors (Lipinski definition) is 3. The molecule has 5 heteroatoms. The largest absolute Gasteiger partial charge is 0.490 e. The molecule has 0 bridgehead atoms. The summed E-state index contributed by atoms with van der Waals surface area (Å²) in [7, 11) is 0. The molecule has 0 aromatic heterocycles. The Balaban J connectivity index is 1.55. The number of aryl methyl sites for hydroxylation is 1. The minimum absolute atomic E-state index is 0.0609. The van der Waals surface area contributed by atoms with E-state index in [4.69, 9.17) is 4.74 Å². The van der Waals surface area contributed by atoms with Gasteiger partial charge in [-0.2, -0.15) is 0 Å². The number of aliphatic carboxylic acids is 1. The van der Waals surface area contributed by atoms with E-state index in [0.717, 1.165) is 37.0 Å². The molecule has 136 valence electrons. The Hall–Kier alpha value is -2.04. The van der Waals surface area contributed by atoms with Gasteiger partial charge in [-0.3, -0.25) is 4.79 Å². The van der Waals surface area contributed by atoms with E-state index >= 15 is 0 Å². The third-order valence-corrected chi connectivity index (χ3v) is 5.24. The molecule has 1 amide bonds. The summed E-state index contributed by atoms with van der Waals surface area (Å²) in [5.41, 5.74) is 1.06. The summed E-state index contributed by atoms with van der Waals surface area (Å²) >= 11 is 0. The van der Waals surface area contributed by atoms with Gasteiger partial charge in [0.15, 0.2) is 0 Å². The molecule has 1 aliphatic heterocycles. The Kier molecular flexibility index (Phi) is 5.95. The van der Waals surface area contributed by atoms with Crippen LogP contribution in [-0.2, 0) is 16.0 Å². The van der Waals surface area contributed by atoms with Crippen LogP contribution in [0.1, 0.15) is 56.9 Å². The Morgan fingerprint density at radius 3 is 2.64 bits per heavy atom. The average molecular weight is 345 g/mol. The van der Waals surface area contributed by atoms with Gasteiger partial charge in [0.2, 0.25) is 5.91 Å². The van der Waals surface area contributed by atoms with Gasteiger partial charge in [-0.15, -0.1) is 0 Å². The van der Waals surface area contributed by atoms with Gasteiger partial charge < -0.3 is 14.7 Å². The zero-order valence-electron chi connectivity index (χ0n) is 14.7. The van der Waals surface area contributed by atoms with Crippen LogP contribution < -0.4 is 4.74 Å². The fourth-order valence-electron chi connectivity index (χ4n) is 3.85. The second kappa shape index (κ2) is 8.37. The van der Waals surface area contributed by atoms with Gasteiger partial charge in [0.25, 0.3) is 0 Å². The van der Waals surface area contributed by atoms with Crippen LogP contribution in [-0.4, -0.2) is 40.6 Å². The van der Waals surface area contributed by atoms with Crippen molar-refractivity contribution in [2.45, 2.75) is 69.9 Å². The molecule has 25 heavy (non-hydrogen) atoms. The third-order valence-electron chi connectivity index (χ3n) is 5.24. The van der Waals surface area contributed by atoms with Crippen molar-refractivity contribution in [1.82, 2.24) is 4.90 Å². The maximum Gasteiger partial charge on any atom is 0.326 e. The summed E-state index contributed by atoms with van der Waals surface area (Å²) in [6.07, 6.45) is 8.32. The van der Waals surface area contributed by atoms with Crippen LogP contribution in [0.25, 0.3) is 0 Å². The molecule has 1 saturated carbocycles. The number of rotatable bonds is 6. The lowest BCUT2D eigenvalue weighted by Gasteiger charge is -2.33. The second-order valence-corrected chi connectivity index (χ2v) is 7.11. The third kappa shape index (κ3) is 4.74. The van der Waals surface area contributed by atoms with Crippen molar-refractivity contribution >= 4 is 11.9 Å². The van der Waals surface area contributed by atoms with Gasteiger partial charge in [-0.25, -0.2) is 4.79 Å². The highest BCUT2D eigenvalue weighted by Gasteiger charge is 2.31. The fraction of sp³-hybridized carbons (Fsp3) is 0.600. The van der Waals surface area contributed by atoms with E-state index in [9.17, 15) is 14.7 Å². The molecule has 1 saturated heterocycles. The number of piperidine rings is 1. The van der Waals surface area contributed by atoms with E-state index in [1.165, 1.54) is 12.8 Å². The minimum Gasteiger partial charge on any atom is -0.490 e. The Labute approximate surface area is 149 Å². The van der Waals surface area contributed by atoms with Gasteiger partial charge in [-0.1, -0.05) is 12.1 Å². The molecule has 1 heterocycles. The highest BCUT2D eigenvalue weighted by Crippen LogP contribution is 2.25. The number of hydrogen-bond donors (Lipinski definition) is 1. The van der Waals surface area contributed by atoms with Gasteiger partial charge in [0.05, 0.1) is 6.10 Å². The van der Waals surface area contributed by atoms with Crippen molar-refractivity contribution in [3.05, 3.63) is 29.8 Å². The van der Waals surface area contributed by atoms with Crippen molar-refractivity contribution in [2.75, 3.05) is 6.54 Å². The summed E-state index contributed by atoms with van der Waals surface area (Å²) in [5, 5.41) is 9.30. The number of carbonyl (C=O) groups is 2. The van der Waals surface area contributed by atoms with Crippen LogP contribution in [0.15, 0.2) is 24.3 Å². The second-order valence-electron chi connectivity index (χ2n) is 7.11. The van der Waals surface area contributed by atoms with Crippen LogP contribution in [0, 0.1) is 0 Å². The van der Waals surface area contributed by atoms with Gasteiger partial charge in [0, 0.05) is 13.0 Å². The molecule has 1 atom stereocenters. The van der Waals surface area contributed by atoms with E-state index in [2.05, 4.69) is 0 Å². The van der Waals surface area contributed by atoms with Crippen LogP contribution in [0.2, 0.25) is 0 Å². The van der Waals surface area contributed by atoms with Crippen LogP contribution in [0.5, 0.6) is 5.75 Å². The molecule has 2 aliphatic rings. The van der Waals surface area contributed by atoms with Crippen molar-refractivity contribution in [2.24, 2.45) is 0 Å². The van der Waals surface area contributed by atoms with Crippen LogP contribution in [0.4, 0.5) is 0 Å². The SMILES string of the molecule is O=C(O)C1CCCCN1C(=O)CCc1cccc(OC2CCCC2)c1. The van der Waals surface area contributed by atoms with E-state index < -0.39 is 12.0 Å². The standard InChI is InChI=1S/C20H27NO4/c22-19(21-13-4-3-10-18(21)20(23)24)12-11-15-6-5-9-17(14-15)25-16-7-1-2-8-16/h5-6,9,14,16,18H,1-4,7-8,10-13H2,(H,23,24). The monoisotopic (exact) mass is 345 g/mol. The topological polar surface area (TPSA) is 66.8 Å². The number of ether oxygens (including phenoxy) is 1. The highest BCUT2D eigenvalue weighted by molar-refractivity contribution is 5.84. The van der Waals surface area contributed by atoms with E-state index in [1.54, 1.807) is 4.90 Å². The predicted octanol–water partition coefficient (Wildman–Crippen LogP) is 3.41. The van der Waals surface area contributed by atoms with Crippen molar-refractivity contribution in [3.8, 4) is 5.75 Å². The van der Waals surface area contributed by atoms with Crippen molar-refractivity contribution in [3.63, 3.8) is 0 Å². The fourth-order valence-corrected chi connectivity index (χ4v) is 3.85. The summed E-state index contributed by atoms with van der Waals surface area (Å²) in [6.45, 7) is 0.556. The Morgan fingerprint density at radius 2 is 1.88 bits per heavy atom. The van der Waals surface area contributed by atoms with E-state index in [1.807, 2.05) is 24.3 Å². The molecular formula is C20H27NO4. The molecule has 0 radical (unpaired) electrons. The molecule has 5 nitrogen and oxygen atoms in total. The molecule has 1 N–H and O–H groups in total. The predicted molar refractivity (Wildman–Crippen MR) is 94.6 cm³/mol. The van der Waals surface area contributed by atoms with Gasteiger partial charge >= 0.3 is 5.97 Å². The quantitative estimate of drug-likeness (QED) is 0.858. The number of carbonyl (C=O) groups excluding carboxylic acids is 1. The first-order chi connectivity index (χ1) is 12.1. The summed E-state index contributed by atoms with van der Waals surface area (Å²) in [4.78, 5) is 25.4. The first-order valence-corrected chi connectivity index (χ1v) is 9.41. The number of amides is 1. The zero-order valence-corrected chi connectivity index (χ0v) is 14.7. The van der Waals surface area contributed by atoms with Gasteiger partial charge in [-0.05, 0) is 69.1 Å². The molecule has 3 rings (SSSR count). The first-order valence-electron chi connectivity index (χ1n) is 9.41. The normalized spacial score (nSPS) is 21.3. The molecule has 1 unspecified atom stereocenters. The van der Waals surface area contributed by atoms with E-state index in [0.29, 0.717) is 31.9 Å². The van der Waals surface area contributed by atoms with Crippen molar-refractivity contribution in [1.29, 1.82) is 0 Å². The number of carboxylic acid groups (broad SMARTS) is 1. The number of likely N-dealkylation sites (tertiary alicyclic amines) is 1. The first kappa shape index (κ1) is 17.8. The lowest BCUT2D eigenvalue weighted by molar-refractivity contribution is -0.152. The molecule has 1 aliphatic carbocycles. The van der Waals surface area contributed by atoms with Gasteiger partial charge in [0.1, 0.15) is 11.8 Å². The molecule has 1 aromatic carbocycles. The number of carboxylic acids is 1. The maximum absolute atomic E-state index is 12.5. The minimum atomic E-state index is -0.889. The van der Waals surface area contributed by atoms with E-state index in [-0.39, 0.29) is 5.91 Å². The zero-order chi connectivity index (χ0) is 17.6. The summed E-state index contributed by atoms with van der Waals surface area (Å²) < 4.78 is 6.01.